The molecule has 1 atom stereocenters. The molecule has 16 heavy (non-hydrogen) atoms. The van der Waals surface area contributed by atoms with Crippen LogP contribution >= 0.6 is 0 Å². The summed E-state index contributed by atoms with van der Waals surface area (Å²) < 4.78 is 0. The van der Waals surface area contributed by atoms with Gasteiger partial charge in [-0.3, -0.25) is 0 Å². The molecule has 0 aromatic heterocycles. The summed E-state index contributed by atoms with van der Waals surface area (Å²) >= 11 is 0. The van der Waals surface area contributed by atoms with Crippen molar-refractivity contribution in [2.24, 2.45) is 0 Å². The van der Waals surface area contributed by atoms with Gasteiger partial charge in [-0.05, 0) is 23.3 Å². The van der Waals surface area contributed by atoms with Gasteiger partial charge in [-0.25, -0.2) is 0 Å². The van der Waals surface area contributed by atoms with Gasteiger partial charge in [0.25, 0.3) is 0 Å². The van der Waals surface area contributed by atoms with Crippen LogP contribution in [0.3, 0.4) is 0 Å². The second kappa shape index (κ2) is 4.27. The van der Waals surface area contributed by atoms with Crippen LogP contribution < -0.4 is 11.5 Å². The average Bonchev–Trinajstić information content (AvgIpc) is 2.29. The molecule has 0 saturated heterocycles. The Balaban J connectivity index is 2.38. The van der Waals surface area contributed by atoms with Gasteiger partial charge in [0.05, 0.1) is 0 Å². The van der Waals surface area contributed by atoms with Crippen molar-refractivity contribution < 1.29 is 0 Å². The molecule has 82 valence electrons. The molecular formula is C14H16N2. The third-order valence-corrected chi connectivity index (χ3v) is 2.88. The first-order valence-corrected chi connectivity index (χ1v) is 5.38. The Morgan fingerprint density at radius 1 is 0.938 bits per heavy atom. The quantitative estimate of drug-likeness (QED) is 0.752. The summed E-state index contributed by atoms with van der Waals surface area (Å²) in [6.07, 6.45) is 0. The number of nitrogens with two attached hydrogens (primary N) is 2. The molecule has 0 amide bonds. The molecular weight excluding hydrogens is 196 g/mol. The largest absolute Gasteiger partial charge is 0.399 e. The van der Waals surface area contributed by atoms with Crippen molar-refractivity contribution in [3.8, 4) is 0 Å². The van der Waals surface area contributed by atoms with Crippen molar-refractivity contribution in [2.45, 2.75) is 12.8 Å². The minimum atomic E-state index is 0.293. The van der Waals surface area contributed by atoms with Crippen LogP contribution in [0.4, 0.5) is 11.4 Å². The van der Waals surface area contributed by atoms with Crippen molar-refractivity contribution in [2.75, 3.05) is 11.5 Å². The topological polar surface area (TPSA) is 52.0 Å². The minimum Gasteiger partial charge on any atom is -0.399 e. The number of benzene rings is 2. The summed E-state index contributed by atoms with van der Waals surface area (Å²) in [6, 6.07) is 16.0. The number of rotatable bonds is 2. The molecule has 1 unspecified atom stereocenters. The molecule has 0 aliphatic heterocycles. The molecule has 0 radical (unpaired) electrons. The molecule has 2 nitrogen and oxygen atoms in total. The highest BCUT2D eigenvalue weighted by molar-refractivity contribution is 5.59. The van der Waals surface area contributed by atoms with Gasteiger partial charge < -0.3 is 11.5 Å². The fourth-order valence-electron chi connectivity index (χ4n) is 1.91. The second-order valence-corrected chi connectivity index (χ2v) is 4.02. The maximum atomic E-state index is 5.98. The van der Waals surface area contributed by atoms with Crippen LogP contribution in [0, 0.1) is 0 Å². The van der Waals surface area contributed by atoms with Crippen LogP contribution in [0.1, 0.15) is 24.0 Å². The predicted molar refractivity (Wildman–Crippen MR) is 69.2 cm³/mol. The lowest BCUT2D eigenvalue weighted by atomic mass is 9.92. The fraction of sp³-hybridized carbons (Fsp3) is 0.143. The van der Waals surface area contributed by atoms with Gasteiger partial charge in [0, 0.05) is 17.3 Å². The Bertz CT molecular complexity index is 477. The zero-order valence-electron chi connectivity index (χ0n) is 9.35. The Kier molecular flexibility index (Phi) is 2.82. The van der Waals surface area contributed by atoms with Gasteiger partial charge in [0.1, 0.15) is 0 Å². The Morgan fingerprint density at radius 3 is 2.25 bits per heavy atom. The van der Waals surface area contributed by atoms with E-state index in [0.717, 1.165) is 11.3 Å². The lowest BCUT2D eigenvalue weighted by molar-refractivity contribution is 0.926. The predicted octanol–water partition coefficient (Wildman–Crippen LogP) is 3.00. The van der Waals surface area contributed by atoms with Gasteiger partial charge >= 0.3 is 0 Å². The van der Waals surface area contributed by atoms with Crippen molar-refractivity contribution in [3.63, 3.8) is 0 Å². The fourth-order valence-corrected chi connectivity index (χ4v) is 1.91. The summed E-state index contributed by atoms with van der Waals surface area (Å²) in [4.78, 5) is 0. The maximum absolute atomic E-state index is 5.98. The molecule has 2 aromatic rings. The van der Waals surface area contributed by atoms with E-state index in [0.29, 0.717) is 11.6 Å². The molecule has 0 spiro atoms. The monoisotopic (exact) mass is 212 g/mol. The summed E-state index contributed by atoms with van der Waals surface area (Å²) in [5.41, 5.74) is 15.5. The van der Waals surface area contributed by atoms with Crippen LogP contribution in [-0.2, 0) is 0 Å². The first-order chi connectivity index (χ1) is 7.68. The van der Waals surface area contributed by atoms with Gasteiger partial charge in [-0.15, -0.1) is 0 Å². The molecule has 0 bridgehead atoms. The van der Waals surface area contributed by atoms with E-state index in [2.05, 4.69) is 19.1 Å². The summed E-state index contributed by atoms with van der Waals surface area (Å²) in [5, 5.41) is 0. The lowest BCUT2D eigenvalue weighted by Crippen LogP contribution is -2.01. The normalized spacial score (nSPS) is 12.3. The van der Waals surface area contributed by atoms with Gasteiger partial charge in [0.2, 0.25) is 0 Å². The highest BCUT2D eigenvalue weighted by Gasteiger charge is 2.10. The van der Waals surface area contributed by atoms with Crippen LogP contribution in [0.2, 0.25) is 0 Å². The molecule has 2 heteroatoms. The van der Waals surface area contributed by atoms with Gasteiger partial charge in [-0.2, -0.15) is 0 Å². The Morgan fingerprint density at radius 2 is 1.62 bits per heavy atom. The Hall–Kier alpha value is -1.96. The molecule has 2 rings (SSSR count). The summed E-state index contributed by atoms with van der Waals surface area (Å²) in [7, 11) is 0. The third-order valence-electron chi connectivity index (χ3n) is 2.88. The molecule has 0 aliphatic rings. The van der Waals surface area contributed by atoms with Crippen molar-refractivity contribution in [3.05, 3.63) is 59.7 Å². The molecule has 0 saturated carbocycles. The first kappa shape index (κ1) is 10.6. The number of hydrogen-bond donors (Lipinski definition) is 2. The van der Waals surface area contributed by atoms with Gasteiger partial charge in [-0.1, -0.05) is 43.3 Å². The number of anilines is 2. The number of nitrogen functional groups attached to an aromatic ring is 2. The summed E-state index contributed by atoms with van der Waals surface area (Å²) in [6.45, 7) is 2.15. The van der Waals surface area contributed by atoms with Crippen LogP contribution in [0.5, 0.6) is 0 Å². The summed E-state index contributed by atoms with van der Waals surface area (Å²) in [5.74, 6) is 0.293. The van der Waals surface area contributed by atoms with E-state index in [1.54, 1.807) is 0 Å². The highest BCUT2D eigenvalue weighted by atomic mass is 14.6. The lowest BCUT2D eigenvalue weighted by Gasteiger charge is -2.15. The van der Waals surface area contributed by atoms with Crippen molar-refractivity contribution in [1.82, 2.24) is 0 Å². The standard InChI is InChI=1S/C14H16N2/c1-10(11-5-3-2-4-6-11)13-8-7-12(15)9-14(13)16/h2-10H,15-16H2,1H3. The molecule has 4 N–H and O–H groups in total. The van der Waals surface area contributed by atoms with Crippen LogP contribution in [-0.4, -0.2) is 0 Å². The maximum Gasteiger partial charge on any atom is 0.0373 e. The molecule has 0 fully saturated rings. The van der Waals surface area contributed by atoms with E-state index >= 15 is 0 Å². The van der Waals surface area contributed by atoms with E-state index in [-0.39, 0.29) is 0 Å². The van der Waals surface area contributed by atoms with E-state index in [4.69, 9.17) is 11.5 Å². The third kappa shape index (κ3) is 2.01. The van der Waals surface area contributed by atoms with Gasteiger partial charge in [0.15, 0.2) is 0 Å². The average molecular weight is 212 g/mol. The van der Waals surface area contributed by atoms with E-state index in [1.165, 1.54) is 5.56 Å². The van der Waals surface area contributed by atoms with Crippen molar-refractivity contribution in [1.29, 1.82) is 0 Å². The van der Waals surface area contributed by atoms with E-state index in [9.17, 15) is 0 Å². The zero-order chi connectivity index (χ0) is 11.5. The smallest absolute Gasteiger partial charge is 0.0373 e. The molecule has 0 aliphatic carbocycles. The van der Waals surface area contributed by atoms with E-state index < -0.39 is 0 Å². The zero-order valence-corrected chi connectivity index (χ0v) is 9.35. The molecule has 0 heterocycles. The van der Waals surface area contributed by atoms with Crippen LogP contribution in [0.15, 0.2) is 48.5 Å². The molecule has 2 aromatic carbocycles. The first-order valence-electron chi connectivity index (χ1n) is 5.38. The van der Waals surface area contributed by atoms with E-state index in [1.807, 2.05) is 36.4 Å². The number of hydrogen-bond acceptors (Lipinski definition) is 2. The van der Waals surface area contributed by atoms with Crippen LogP contribution in [0.25, 0.3) is 0 Å². The second-order valence-electron chi connectivity index (χ2n) is 4.02. The minimum absolute atomic E-state index is 0.293. The Labute approximate surface area is 95.9 Å². The SMILES string of the molecule is CC(c1ccccc1)c1ccc(N)cc1N. The van der Waals surface area contributed by atoms with Crippen molar-refractivity contribution >= 4 is 11.4 Å². The highest BCUT2D eigenvalue weighted by Crippen LogP contribution is 2.29.